The lowest BCUT2D eigenvalue weighted by molar-refractivity contribution is 0.0913. The van der Waals surface area contributed by atoms with Crippen LogP contribution in [-0.4, -0.2) is 42.8 Å². The normalized spacial score (nSPS) is 21.1. The number of fused-ring (bicyclic) bond motifs is 4. The molecule has 2 aromatic heterocycles. The van der Waals surface area contributed by atoms with Crippen molar-refractivity contribution in [2.45, 2.75) is 24.9 Å². The second-order valence-electron chi connectivity index (χ2n) is 8.75. The maximum Gasteiger partial charge on any atom is 0.250 e. The Morgan fingerprint density at radius 3 is 2.44 bits per heavy atom. The molecular formula is C25H24N6O. The number of rotatable bonds is 4. The molecule has 1 saturated heterocycles. The first-order valence-electron chi connectivity index (χ1n) is 11.1. The van der Waals surface area contributed by atoms with Gasteiger partial charge in [-0.3, -0.25) is 9.69 Å². The van der Waals surface area contributed by atoms with E-state index in [0.29, 0.717) is 11.8 Å². The van der Waals surface area contributed by atoms with Crippen LogP contribution in [0.2, 0.25) is 0 Å². The molecule has 1 fully saturated rings. The third-order valence-corrected chi connectivity index (χ3v) is 6.73. The van der Waals surface area contributed by atoms with Crippen LogP contribution in [0.1, 0.15) is 35.5 Å². The van der Waals surface area contributed by atoms with Crippen LogP contribution in [0, 0.1) is 5.92 Å². The molecule has 6 rings (SSSR count). The Morgan fingerprint density at radius 2 is 1.62 bits per heavy atom. The number of nitrogens with zero attached hydrogens (tertiary/aromatic N) is 6. The van der Waals surface area contributed by atoms with E-state index in [2.05, 4.69) is 50.8 Å². The average Bonchev–Trinajstić information content (AvgIpc) is 3.31. The van der Waals surface area contributed by atoms with E-state index in [0.717, 1.165) is 43.3 Å². The van der Waals surface area contributed by atoms with Crippen LogP contribution in [0.15, 0.2) is 83.7 Å². The SMILES string of the molecule is O=c1cccc2n1C[C@@H]1C[C@@H]2CN([C@@H](c2ccccc2)c2nnnn2-c2ccccc2)C1. The van der Waals surface area contributed by atoms with Gasteiger partial charge in [0.1, 0.15) is 0 Å². The van der Waals surface area contributed by atoms with E-state index in [-0.39, 0.29) is 11.6 Å². The van der Waals surface area contributed by atoms with Crippen molar-refractivity contribution in [3.8, 4) is 5.69 Å². The molecular weight excluding hydrogens is 400 g/mol. The van der Waals surface area contributed by atoms with Crippen molar-refractivity contribution in [1.29, 1.82) is 0 Å². The molecule has 0 spiro atoms. The van der Waals surface area contributed by atoms with Crippen LogP contribution in [0.5, 0.6) is 0 Å². The summed E-state index contributed by atoms with van der Waals surface area (Å²) in [5, 5.41) is 12.9. The van der Waals surface area contributed by atoms with Gasteiger partial charge in [-0.25, -0.2) is 0 Å². The fourth-order valence-corrected chi connectivity index (χ4v) is 5.42. The van der Waals surface area contributed by atoms with Crippen molar-refractivity contribution < 1.29 is 0 Å². The summed E-state index contributed by atoms with van der Waals surface area (Å²) in [7, 11) is 0. The minimum absolute atomic E-state index is 0.0707. The Balaban J connectivity index is 1.43. The second-order valence-corrected chi connectivity index (χ2v) is 8.75. The lowest BCUT2D eigenvalue weighted by Gasteiger charge is -2.45. The molecule has 0 radical (unpaired) electrons. The number of piperidine rings is 1. The van der Waals surface area contributed by atoms with Gasteiger partial charge in [-0.2, -0.15) is 4.68 Å². The van der Waals surface area contributed by atoms with E-state index in [1.165, 1.54) is 5.56 Å². The largest absolute Gasteiger partial charge is 0.312 e. The lowest BCUT2D eigenvalue weighted by atomic mass is 9.82. The molecule has 0 unspecified atom stereocenters. The van der Waals surface area contributed by atoms with E-state index in [1.807, 2.05) is 51.7 Å². The van der Waals surface area contributed by atoms with Crippen LogP contribution in [0.3, 0.4) is 0 Å². The third-order valence-electron chi connectivity index (χ3n) is 6.73. The smallest absolute Gasteiger partial charge is 0.250 e. The molecule has 160 valence electrons. The van der Waals surface area contributed by atoms with Crippen molar-refractivity contribution in [2.75, 3.05) is 13.1 Å². The predicted molar refractivity (Wildman–Crippen MR) is 121 cm³/mol. The molecule has 4 aromatic rings. The van der Waals surface area contributed by atoms with E-state index in [4.69, 9.17) is 0 Å². The van der Waals surface area contributed by atoms with Crippen LogP contribution >= 0.6 is 0 Å². The maximum absolute atomic E-state index is 12.4. The summed E-state index contributed by atoms with van der Waals surface area (Å²) < 4.78 is 3.82. The zero-order valence-corrected chi connectivity index (χ0v) is 17.7. The van der Waals surface area contributed by atoms with Gasteiger partial charge in [0.15, 0.2) is 5.82 Å². The van der Waals surface area contributed by atoms with E-state index >= 15 is 0 Å². The van der Waals surface area contributed by atoms with Gasteiger partial charge < -0.3 is 4.57 Å². The number of tetrazole rings is 1. The van der Waals surface area contributed by atoms with Crippen LogP contribution < -0.4 is 5.56 Å². The first-order chi connectivity index (χ1) is 15.8. The summed E-state index contributed by atoms with van der Waals surface area (Å²) in [4.78, 5) is 14.9. The molecule has 2 aliphatic rings. The van der Waals surface area contributed by atoms with E-state index < -0.39 is 0 Å². The molecule has 7 nitrogen and oxygen atoms in total. The maximum atomic E-state index is 12.4. The highest BCUT2D eigenvalue weighted by atomic mass is 16.1. The number of hydrogen-bond acceptors (Lipinski definition) is 5. The molecule has 2 bridgehead atoms. The van der Waals surface area contributed by atoms with Crippen molar-refractivity contribution in [1.82, 2.24) is 29.7 Å². The average molecular weight is 425 g/mol. The number of hydrogen-bond donors (Lipinski definition) is 0. The van der Waals surface area contributed by atoms with Gasteiger partial charge in [0.2, 0.25) is 0 Å². The Hall–Kier alpha value is -3.58. The first-order valence-corrected chi connectivity index (χ1v) is 11.1. The number of likely N-dealkylation sites (tertiary alicyclic amines) is 1. The third kappa shape index (κ3) is 3.26. The van der Waals surface area contributed by atoms with Crippen LogP contribution in [-0.2, 0) is 6.54 Å². The molecule has 0 aliphatic carbocycles. The Bertz CT molecular complexity index is 1280. The second kappa shape index (κ2) is 7.84. The first kappa shape index (κ1) is 19.1. The molecule has 2 aliphatic heterocycles. The summed E-state index contributed by atoms with van der Waals surface area (Å²) in [6.45, 7) is 2.53. The summed E-state index contributed by atoms with van der Waals surface area (Å²) in [5.41, 5.74) is 3.37. The van der Waals surface area contributed by atoms with Gasteiger partial charge in [-0.15, -0.1) is 5.10 Å². The van der Waals surface area contributed by atoms with Gasteiger partial charge in [0.05, 0.1) is 11.7 Å². The van der Waals surface area contributed by atoms with Gasteiger partial charge in [0.25, 0.3) is 5.56 Å². The summed E-state index contributed by atoms with van der Waals surface area (Å²) >= 11 is 0. The van der Waals surface area contributed by atoms with Gasteiger partial charge in [0, 0.05) is 37.3 Å². The summed E-state index contributed by atoms with van der Waals surface area (Å²) in [5.74, 6) is 1.56. The van der Waals surface area contributed by atoms with E-state index in [9.17, 15) is 4.79 Å². The fraction of sp³-hybridized carbons (Fsp3) is 0.280. The number of pyridine rings is 1. The molecule has 7 heteroatoms. The van der Waals surface area contributed by atoms with Gasteiger partial charge in [-0.05, 0) is 46.5 Å². The molecule has 0 amide bonds. The Labute approximate surface area is 185 Å². The molecule has 32 heavy (non-hydrogen) atoms. The number of aromatic nitrogens is 5. The molecule has 0 saturated carbocycles. The fourth-order valence-electron chi connectivity index (χ4n) is 5.42. The number of benzene rings is 2. The summed E-state index contributed by atoms with van der Waals surface area (Å²) in [6, 6.07) is 26.1. The number of para-hydroxylation sites is 1. The standard InChI is InChI=1S/C25H24N6O/c32-23-13-7-12-22-20-14-18(16-30(22)23)15-29(17-20)24(19-8-3-1-4-9-19)25-26-27-28-31(25)21-10-5-2-6-11-21/h1-13,18,20,24H,14-17H2/t18-,20-,24+/m1/s1. The van der Waals surface area contributed by atoms with Crippen LogP contribution in [0.25, 0.3) is 5.69 Å². The highest BCUT2D eigenvalue weighted by molar-refractivity contribution is 5.34. The highest BCUT2D eigenvalue weighted by Gasteiger charge is 2.39. The quantitative estimate of drug-likeness (QED) is 0.504. The molecule has 4 heterocycles. The molecule has 2 aromatic carbocycles. The molecule has 0 N–H and O–H groups in total. The zero-order valence-electron chi connectivity index (χ0n) is 17.7. The van der Waals surface area contributed by atoms with Gasteiger partial charge in [-0.1, -0.05) is 54.6 Å². The highest BCUT2D eigenvalue weighted by Crippen LogP contribution is 2.40. The van der Waals surface area contributed by atoms with Crippen molar-refractivity contribution >= 4 is 0 Å². The Kier molecular flexibility index (Phi) is 4.69. The predicted octanol–water partition coefficient (Wildman–Crippen LogP) is 3.03. The van der Waals surface area contributed by atoms with E-state index in [1.54, 1.807) is 6.07 Å². The Morgan fingerprint density at radius 1 is 0.844 bits per heavy atom. The van der Waals surface area contributed by atoms with Crippen molar-refractivity contribution in [3.05, 3.63) is 106 Å². The minimum Gasteiger partial charge on any atom is -0.312 e. The molecule has 3 atom stereocenters. The van der Waals surface area contributed by atoms with Crippen molar-refractivity contribution in [3.63, 3.8) is 0 Å². The van der Waals surface area contributed by atoms with Crippen LogP contribution in [0.4, 0.5) is 0 Å². The van der Waals surface area contributed by atoms with Crippen molar-refractivity contribution in [2.24, 2.45) is 5.92 Å². The topological polar surface area (TPSA) is 68.8 Å². The minimum atomic E-state index is -0.0707. The monoisotopic (exact) mass is 424 g/mol. The zero-order chi connectivity index (χ0) is 21.5. The van der Waals surface area contributed by atoms with Gasteiger partial charge >= 0.3 is 0 Å². The lowest BCUT2D eigenvalue weighted by Crippen LogP contribution is -2.48. The summed E-state index contributed by atoms with van der Waals surface area (Å²) in [6.07, 6.45) is 1.12.